The number of nitroso groups, excluding NO2 is 1. The molecule has 0 fully saturated rings. The number of hydrogen-bond donors (Lipinski definition) is 0. The van der Waals surface area contributed by atoms with E-state index in [4.69, 9.17) is 11.6 Å². The first-order valence-corrected chi connectivity index (χ1v) is 6.64. The highest BCUT2D eigenvalue weighted by atomic mass is 35.5. The zero-order valence-electron chi connectivity index (χ0n) is 10.4. The fraction of sp³-hybridized carbons (Fsp3) is 0.0667. The van der Waals surface area contributed by atoms with Crippen molar-refractivity contribution in [3.05, 3.63) is 74.5 Å². The Labute approximate surface area is 120 Å². The van der Waals surface area contributed by atoms with Crippen molar-refractivity contribution in [2.45, 2.75) is 6.54 Å². The van der Waals surface area contributed by atoms with Crippen molar-refractivity contribution >= 4 is 29.1 Å². The zero-order valence-corrected chi connectivity index (χ0v) is 11.2. The molecule has 0 radical (unpaired) electrons. The van der Waals surface area contributed by atoms with Crippen molar-refractivity contribution in [1.82, 2.24) is 4.65 Å². The molecule has 0 aliphatic carbocycles. The first-order chi connectivity index (χ1) is 9.59. The lowest BCUT2D eigenvalue weighted by Crippen LogP contribution is -2.41. The van der Waals surface area contributed by atoms with Gasteiger partial charge in [0.1, 0.15) is 11.3 Å². The van der Waals surface area contributed by atoms with E-state index in [1.54, 1.807) is 24.3 Å². The average Bonchev–Trinajstić information content (AvgIpc) is 2.65. The third-order valence-corrected chi connectivity index (χ3v) is 4.09. The highest BCUT2D eigenvalue weighted by molar-refractivity contribution is 6.31. The molecule has 1 unspecified atom stereocenters. The Hall–Kier alpha value is -2.01. The molecular formula is C15H10ClN2O2+. The first-order valence-electron chi connectivity index (χ1n) is 6.26. The number of fused-ring (bicyclic) bond motifs is 4. The van der Waals surface area contributed by atoms with Gasteiger partial charge in [-0.05, 0) is 11.6 Å². The van der Waals surface area contributed by atoms with Crippen LogP contribution in [0.4, 0.5) is 11.4 Å². The van der Waals surface area contributed by atoms with Crippen LogP contribution in [0.15, 0.2) is 48.3 Å². The fourth-order valence-electron chi connectivity index (χ4n) is 2.89. The van der Waals surface area contributed by atoms with Crippen molar-refractivity contribution in [3.63, 3.8) is 0 Å². The Morgan fingerprint density at radius 2 is 2.00 bits per heavy atom. The van der Waals surface area contributed by atoms with E-state index in [2.05, 4.69) is 0 Å². The smallest absolute Gasteiger partial charge is 0.429 e. The Morgan fingerprint density at radius 3 is 2.85 bits per heavy atom. The summed E-state index contributed by atoms with van der Waals surface area (Å²) >= 11 is 5.93. The maximum Gasteiger partial charge on any atom is 0.429 e. The summed E-state index contributed by atoms with van der Waals surface area (Å²) in [6.07, 6.45) is 1.67. The second kappa shape index (κ2) is 3.76. The molecule has 5 heteroatoms. The van der Waals surface area contributed by atoms with Crippen LogP contribution in [0.25, 0.3) is 6.08 Å². The fourth-order valence-corrected chi connectivity index (χ4v) is 3.05. The molecule has 0 saturated heterocycles. The number of quaternary nitrogens is 1. The highest BCUT2D eigenvalue weighted by Gasteiger charge is 2.54. The predicted octanol–water partition coefficient (Wildman–Crippen LogP) is 4.08. The van der Waals surface area contributed by atoms with Crippen molar-refractivity contribution in [1.29, 1.82) is 0 Å². The number of nitrogens with zero attached hydrogens (tertiary/aromatic N) is 2. The van der Waals surface area contributed by atoms with Crippen molar-refractivity contribution in [2.24, 2.45) is 0 Å². The number of hydroxylamine groups is 2. The number of benzene rings is 2. The molecule has 4 nitrogen and oxygen atoms in total. The van der Waals surface area contributed by atoms with Gasteiger partial charge < -0.3 is 5.21 Å². The van der Waals surface area contributed by atoms with E-state index in [1.165, 1.54) is 0 Å². The summed E-state index contributed by atoms with van der Waals surface area (Å²) in [6.45, 7) is 0.232. The Kier molecular flexibility index (Phi) is 2.22. The molecule has 4 rings (SSSR count). The molecule has 2 heterocycles. The molecule has 0 saturated carbocycles. The predicted molar refractivity (Wildman–Crippen MR) is 78.0 cm³/mol. The molecule has 2 aromatic carbocycles. The molecule has 2 aromatic rings. The van der Waals surface area contributed by atoms with E-state index >= 15 is 0 Å². The second-order valence-corrected chi connectivity index (χ2v) is 5.46. The van der Waals surface area contributed by atoms with E-state index in [1.807, 2.05) is 24.3 Å². The SMILES string of the molecule is O=[N+]1C2=Cc3ccccc3C[N+]2([O-])c2ccc(Cl)cc21. The van der Waals surface area contributed by atoms with Gasteiger partial charge in [-0.3, -0.25) is 0 Å². The topological polar surface area (TPSA) is 43.1 Å². The Bertz CT molecular complexity index is 800. The summed E-state index contributed by atoms with van der Waals surface area (Å²) in [6, 6.07) is 12.5. The second-order valence-electron chi connectivity index (χ2n) is 5.03. The maximum atomic E-state index is 13.2. The van der Waals surface area contributed by atoms with Crippen molar-refractivity contribution in [2.75, 3.05) is 0 Å². The lowest BCUT2D eigenvalue weighted by Gasteiger charge is -2.35. The van der Waals surface area contributed by atoms with Gasteiger partial charge in [-0.25, -0.2) is 4.65 Å². The van der Waals surface area contributed by atoms with Crippen LogP contribution in [0, 0.1) is 10.1 Å². The van der Waals surface area contributed by atoms with Crippen LogP contribution in [0.1, 0.15) is 11.1 Å². The van der Waals surface area contributed by atoms with Gasteiger partial charge in [-0.2, -0.15) is 0 Å². The lowest BCUT2D eigenvalue weighted by atomic mass is 10.0. The van der Waals surface area contributed by atoms with Crippen LogP contribution in [0.2, 0.25) is 5.02 Å². The lowest BCUT2D eigenvalue weighted by molar-refractivity contribution is -0.410. The van der Waals surface area contributed by atoms with Gasteiger partial charge in [-0.15, -0.1) is 0 Å². The summed E-state index contributed by atoms with van der Waals surface area (Å²) in [7, 11) is 0. The van der Waals surface area contributed by atoms with Crippen LogP contribution in [-0.2, 0) is 6.54 Å². The van der Waals surface area contributed by atoms with Crippen LogP contribution >= 0.6 is 11.6 Å². The molecule has 0 aromatic heterocycles. The zero-order chi connectivity index (χ0) is 13.9. The maximum absolute atomic E-state index is 13.2. The average molecular weight is 286 g/mol. The third kappa shape index (κ3) is 1.38. The highest BCUT2D eigenvalue weighted by Crippen LogP contribution is 2.49. The molecule has 1 atom stereocenters. The standard InChI is InChI=1S/C15H10ClN2O2/c16-12-5-6-14-13(8-12)17(19)15-7-10-3-1-2-4-11(10)9-18(14,15)20/h1-8H,9H2/q+1. The van der Waals surface area contributed by atoms with E-state index in [0.29, 0.717) is 21.2 Å². The summed E-state index contributed by atoms with van der Waals surface area (Å²) in [4.78, 5) is 12.4. The first kappa shape index (κ1) is 11.8. The minimum atomic E-state index is -0.743. The number of rotatable bonds is 0. The van der Waals surface area contributed by atoms with Crippen LogP contribution in [0.5, 0.6) is 0 Å². The molecule has 98 valence electrons. The van der Waals surface area contributed by atoms with Crippen molar-refractivity contribution in [3.8, 4) is 0 Å². The largest absolute Gasteiger partial charge is 0.617 e. The van der Waals surface area contributed by atoms with Gasteiger partial charge in [0, 0.05) is 27.6 Å². The van der Waals surface area contributed by atoms with E-state index in [-0.39, 0.29) is 12.4 Å². The minimum Gasteiger partial charge on any atom is -0.617 e. The van der Waals surface area contributed by atoms with Gasteiger partial charge in [0.2, 0.25) is 5.69 Å². The molecule has 0 amide bonds. The van der Waals surface area contributed by atoms with Crippen molar-refractivity contribution < 1.29 is 4.76 Å². The summed E-state index contributed by atoms with van der Waals surface area (Å²) in [5.74, 6) is 0.195. The van der Waals surface area contributed by atoms with Gasteiger partial charge in [0.05, 0.1) is 6.08 Å². The molecule has 0 N–H and O–H groups in total. The summed E-state index contributed by atoms with van der Waals surface area (Å²) < 4.78 is -0.0445. The van der Waals surface area contributed by atoms with Gasteiger partial charge in [-0.1, -0.05) is 35.9 Å². The minimum absolute atomic E-state index is 0.195. The van der Waals surface area contributed by atoms with E-state index in [9.17, 15) is 10.1 Å². The number of hydrogen-bond acceptors (Lipinski definition) is 2. The van der Waals surface area contributed by atoms with Gasteiger partial charge in [0.25, 0.3) is 0 Å². The monoisotopic (exact) mass is 285 g/mol. The number of halogens is 1. The molecule has 20 heavy (non-hydrogen) atoms. The van der Waals surface area contributed by atoms with E-state index < -0.39 is 4.65 Å². The van der Waals surface area contributed by atoms with E-state index in [0.717, 1.165) is 11.1 Å². The van der Waals surface area contributed by atoms with Gasteiger partial charge in [0.15, 0.2) is 0 Å². The van der Waals surface area contributed by atoms with Crippen LogP contribution in [-0.4, -0.2) is 4.76 Å². The normalized spacial score (nSPS) is 22.9. The molecule has 0 spiro atoms. The van der Waals surface area contributed by atoms with Crippen LogP contribution in [0.3, 0.4) is 0 Å². The summed E-state index contributed by atoms with van der Waals surface area (Å²) in [5, 5.41) is 13.6. The molecular weight excluding hydrogens is 276 g/mol. The Balaban J connectivity index is 2.00. The summed E-state index contributed by atoms with van der Waals surface area (Å²) in [5.41, 5.74) is 2.66. The Morgan fingerprint density at radius 1 is 1.20 bits per heavy atom. The quantitative estimate of drug-likeness (QED) is 0.416. The third-order valence-electron chi connectivity index (χ3n) is 3.86. The molecule has 2 aliphatic heterocycles. The van der Waals surface area contributed by atoms with Crippen LogP contribution < -0.4 is 4.65 Å². The van der Waals surface area contributed by atoms with Gasteiger partial charge >= 0.3 is 11.5 Å². The molecule has 0 bridgehead atoms. The molecule has 2 aliphatic rings.